The highest BCUT2D eigenvalue weighted by Gasteiger charge is 2.10. The van der Waals surface area contributed by atoms with Crippen LogP contribution in [0.5, 0.6) is 0 Å². The summed E-state index contributed by atoms with van der Waals surface area (Å²) >= 11 is 10.2. The van der Waals surface area contributed by atoms with Gasteiger partial charge in [-0.2, -0.15) is 0 Å². The van der Waals surface area contributed by atoms with E-state index >= 15 is 0 Å². The summed E-state index contributed by atoms with van der Waals surface area (Å²) in [4.78, 5) is 2.67. The molecule has 0 amide bonds. The Bertz CT molecular complexity index is 538. The van der Waals surface area contributed by atoms with Crippen LogP contribution in [0.15, 0.2) is 30.3 Å². The molecule has 1 atom stereocenters. The molecule has 1 N–H and O–H groups in total. The van der Waals surface area contributed by atoms with Crippen LogP contribution in [-0.4, -0.2) is 6.54 Å². The van der Waals surface area contributed by atoms with E-state index in [1.54, 1.807) is 0 Å². The minimum atomic E-state index is 0.415. The van der Waals surface area contributed by atoms with Gasteiger partial charge in [0.15, 0.2) is 0 Å². The topological polar surface area (TPSA) is 12.0 Å². The second-order valence-electron chi connectivity index (χ2n) is 4.11. The van der Waals surface area contributed by atoms with Crippen LogP contribution in [0.2, 0.25) is 5.02 Å². The number of hydrogen-bond acceptors (Lipinski definition) is 2. The average Bonchev–Trinajstić information content (AvgIpc) is 2.78. The normalized spacial score (nSPS) is 12.7. The monoisotopic (exact) mass is 391 g/mol. The van der Waals surface area contributed by atoms with Gasteiger partial charge in [-0.3, -0.25) is 0 Å². The molecule has 0 aliphatic carbocycles. The molecule has 1 heterocycles. The van der Waals surface area contributed by atoms with Crippen molar-refractivity contribution in [3.8, 4) is 10.4 Å². The summed E-state index contributed by atoms with van der Waals surface area (Å²) in [5, 5.41) is 4.23. The lowest BCUT2D eigenvalue weighted by atomic mass is 10.2. The zero-order chi connectivity index (χ0) is 13.1. The Hall–Kier alpha value is -0.100. The summed E-state index contributed by atoms with van der Waals surface area (Å²) in [6.45, 7) is 5.33. The second-order valence-corrected chi connectivity index (χ2v) is 6.82. The molecule has 96 valence electrons. The lowest BCUT2D eigenvalue weighted by Crippen LogP contribution is -2.16. The molecule has 0 radical (unpaired) electrons. The van der Waals surface area contributed by atoms with E-state index in [-0.39, 0.29) is 0 Å². The largest absolute Gasteiger partial charge is 0.310 e. The molecule has 0 bridgehead atoms. The van der Waals surface area contributed by atoms with Gasteiger partial charge < -0.3 is 5.32 Å². The third-order valence-electron chi connectivity index (χ3n) is 2.76. The van der Waals surface area contributed by atoms with Crippen LogP contribution in [0.4, 0.5) is 0 Å². The summed E-state index contributed by atoms with van der Waals surface area (Å²) in [7, 11) is 0. The number of hydrogen-bond donors (Lipinski definition) is 1. The molecule has 0 saturated carbocycles. The van der Waals surface area contributed by atoms with Gasteiger partial charge in [0.05, 0.1) is 0 Å². The quantitative estimate of drug-likeness (QED) is 0.693. The van der Waals surface area contributed by atoms with E-state index in [2.05, 4.69) is 60.0 Å². The van der Waals surface area contributed by atoms with Gasteiger partial charge in [0, 0.05) is 30.0 Å². The van der Waals surface area contributed by atoms with Gasteiger partial charge in [-0.1, -0.05) is 24.6 Å². The van der Waals surface area contributed by atoms with Crippen LogP contribution in [-0.2, 0) is 0 Å². The molecule has 1 aromatic heterocycles. The molecule has 1 aromatic carbocycles. The zero-order valence-electron chi connectivity index (χ0n) is 10.3. The van der Waals surface area contributed by atoms with Gasteiger partial charge >= 0.3 is 0 Å². The van der Waals surface area contributed by atoms with E-state index in [0.29, 0.717) is 6.04 Å². The fraction of sp³-hybridized carbons (Fsp3) is 0.286. The Balaban J connectivity index is 2.29. The highest BCUT2D eigenvalue weighted by Crippen LogP contribution is 2.34. The molecular weight excluding hydrogens is 377 g/mol. The summed E-state index contributed by atoms with van der Waals surface area (Å²) in [6.07, 6.45) is 0. The number of thiophene rings is 1. The molecule has 0 fully saturated rings. The predicted molar refractivity (Wildman–Crippen MR) is 89.6 cm³/mol. The van der Waals surface area contributed by atoms with Crippen LogP contribution >= 0.6 is 45.5 Å². The lowest BCUT2D eigenvalue weighted by Gasteiger charge is -2.09. The van der Waals surface area contributed by atoms with E-state index in [4.69, 9.17) is 11.6 Å². The van der Waals surface area contributed by atoms with Crippen molar-refractivity contribution in [2.45, 2.75) is 19.9 Å². The van der Waals surface area contributed by atoms with Crippen LogP contribution in [0.25, 0.3) is 10.4 Å². The molecular formula is C14H15ClINS. The minimum Gasteiger partial charge on any atom is -0.310 e. The predicted octanol–water partition coefficient (Wildman–Crippen LogP) is 5.34. The Labute approximate surface area is 131 Å². The molecule has 1 nitrogen and oxygen atoms in total. The SMILES string of the molecule is CCNC(C)c1ccc(-c2ccc(Cl)cc2I)s1. The smallest absolute Gasteiger partial charge is 0.0416 e. The van der Waals surface area contributed by atoms with Crippen molar-refractivity contribution in [3.05, 3.63) is 43.8 Å². The minimum absolute atomic E-state index is 0.415. The van der Waals surface area contributed by atoms with Crippen molar-refractivity contribution in [1.82, 2.24) is 5.32 Å². The van der Waals surface area contributed by atoms with Gasteiger partial charge in [-0.05, 0) is 60.3 Å². The van der Waals surface area contributed by atoms with Crippen LogP contribution in [0.3, 0.4) is 0 Å². The second kappa shape index (κ2) is 6.37. The third kappa shape index (κ3) is 3.26. The molecule has 0 aliphatic heterocycles. The Morgan fingerprint density at radius 1 is 1.33 bits per heavy atom. The van der Waals surface area contributed by atoms with E-state index in [9.17, 15) is 0 Å². The number of benzene rings is 1. The molecule has 2 rings (SSSR count). The summed E-state index contributed by atoms with van der Waals surface area (Å²) in [6, 6.07) is 10.9. The lowest BCUT2D eigenvalue weighted by molar-refractivity contribution is 0.607. The van der Waals surface area contributed by atoms with E-state index in [1.165, 1.54) is 18.9 Å². The summed E-state index contributed by atoms with van der Waals surface area (Å²) < 4.78 is 1.20. The summed E-state index contributed by atoms with van der Waals surface area (Å²) in [5.74, 6) is 0. The first-order valence-corrected chi connectivity index (χ1v) is 8.17. The Morgan fingerprint density at radius 2 is 2.11 bits per heavy atom. The third-order valence-corrected chi connectivity index (χ3v) is 5.19. The van der Waals surface area contributed by atoms with E-state index in [0.717, 1.165) is 11.6 Å². The van der Waals surface area contributed by atoms with Gasteiger partial charge in [-0.25, -0.2) is 0 Å². The highest BCUT2D eigenvalue weighted by atomic mass is 127. The van der Waals surface area contributed by atoms with Gasteiger partial charge in [-0.15, -0.1) is 11.3 Å². The molecule has 0 saturated heterocycles. The number of halogens is 2. The Morgan fingerprint density at radius 3 is 2.78 bits per heavy atom. The first-order chi connectivity index (χ1) is 8.61. The molecule has 1 unspecified atom stereocenters. The fourth-order valence-corrected chi connectivity index (χ4v) is 4.25. The number of rotatable bonds is 4. The van der Waals surface area contributed by atoms with E-state index in [1.807, 2.05) is 23.5 Å². The zero-order valence-corrected chi connectivity index (χ0v) is 14.1. The standard InChI is InChI=1S/C14H15ClINS/c1-3-17-9(2)13-6-7-14(18-13)11-5-4-10(15)8-12(11)16/h4-9,17H,3H2,1-2H3. The summed E-state index contributed by atoms with van der Waals surface area (Å²) in [5.41, 5.74) is 1.26. The molecule has 0 spiro atoms. The van der Waals surface area contributed by atoms with Crippen molar-refractivity contribution in [3.63, 3.8) is 0 Å². The fourth-order valence-electron chi connectivity index (χ4n) is 1.83. The van der Waals surface area contributed by atoms with Gasteiger partial charge in [0.25, 0.3) is 0 Å². The maximum atomic E-state index is 5.99. The molecule has 18 heavy (non-hydrogen) atoms. The Kier molecular flexibility index (Phi) is 5.06. The number of nitrogens with one attached hydrogen (secondary N) is 1. The van der Waals surface area contributed by atoms with Crippen molar-refractivity contribution < 1.29 is 0 Å². The highest BCUT2D eigenvalue weighted by molar-refractivity contribution is 14.1. The van der Waals surface area contributed by atoms with Crippen molar-refractivity contribution in [2.75, 3.05) is 6.54 Å². The van der Waals surface area contributed by atoms with Crippen LogP contribution in [0, 0.1) is 3.57 Å². The van der Waals surface area contributed by atoms with Crippen molar-refractivity contribution in [1.29, 1.82) is 0 Å². The maximum absolute atomic E-state index is 5.99. The van der Waals surface area contributed by atoms with E-state index < -0.39 is 0 Å². The van der Waals surface area contributed by atoms with Crippen molar-refractivity contribution in [2.24, 2.45) is 0 Å². The first-order valence-electron chi connectivity index (χ1n) is 5.90. The molecule has 2 aromatic rings. The molecule has 4 heteroatoms. The van der Waals surface area contributed by atoms with Crippen molar-refractivity contribution >= 4 is 45.5 Å². The molecule has 0 aliphatic rings. The van der Waals surface area contributed by atoms with Crippen LogP contribution < -0.4 is 5.32 Å². The van der Waals surface area contributed by atoms with Gasteiger partial charge in [0.2, 0.25) is 0 Å². The first kappa shape index (κ1) is 14.3. The van der Waals surface area contributed by atoms with Gasteiger partial charge in [0.1, 0.15) is 0 Å². The average molecular weight is 392 g/mol. The maximum Gasteiger partial charge on any atom is 0.0416 e. The van der Waals surface area contributed by atoms with Crippen LogP contribution in [0.1, 0.15) is 24.8 Å².